The first kappa shape index (κ1) is 13.5. The number of likely N-dealkylation sites (N-methyl/N-ethyl adjacent to an activating group) is 1. The monoisotopic (exact) mass is 227 g/mol. The van der Waals surface area contributed by atoms with E-state index < -0.39 is 0 Å². The molecule has 94 valence electrons. The minimum absolute atomic E-state index is 0.0677. The Morgan fingerprint density at radius 2 is 2.00 bits per heavy atom. The van der Waals surface area contributed by atoms with Crippen LogP contribution in [0.4, 0.5) is 0 Å². The van der Waals surface area contributed by atoms with Crippen LogP contribution >= 0.6 is 0 Å². The highest BCUT2D eigenvalue weighted by Crippen LogP contribution is 2.09. The first-order chi connectivity index (χ1) is 7.61. The van der Waals surface area contributed by atoms with Gasteiger partial charge in [0.1, 0.15) is 0 Å². The van der Waals surface area contributed by atoms with Crippen LogP contribution in [0.1, 0.15) is 25.7 Å². The maximum atomic E-state index is 12.0. The van der Waals surface area contributed by atoms with E-state index >= 15 is 0 Å². The molecule has 0 bridgehead atoms. The topological polar surface area (TPSA) is 35.6 Å². The Morgan fingerprint density at radius 1 is 1.25 bits per heavy atom. The molecule has 1 unspecified atom stereocenters. The number of amides is 1. The van der Waals surface area contributed by atoms with E-state index in [1.165, 1.54) is 12.8 Å². The van der Waals surface area contributed by atoms with E-state index in [0.717, 1.165) is 32.5 Å². The summed E-state index contributed by atoms with van der Waals surface area (Å²) in [6.07, 6.45) is 4.42. The van der Waals surface area contributed by atoms with Gasteiger partial charge in [0.15, 0.2) is 0 Å². The summed E-state index contributed by atoms with van der Waals surface area (Å²) in [5, 5.41) is 3.30. The first-order valence-corrected chi connectivity index (χ1v) is 6.24. The highest BCUT2D eigenvalue weighted by molar-refractivity contribution is 5.81. The number of hydrogen-bond acceptors (Lipinski definition) is 3. The van der Waals surface area contributed by atoms with E-state index in [-0.39, 0.29) is 11.9 Å². The van der Waals surface area contributed by atoms with Crippen LogP contribution in [0.25, 0.3) is 0 Å². The van der Waals surface area contributed by atoms with Crippen molar-refractivity contribution < 1.29 is 4.79 Å². The Bertz CT molecular complexity index is 212. The normalized spacial score (nSPS) is 21.1. The number of nitrogens with zero attached hydrogens (tertiary/aromatic N) is 2. The molecule has 4 nitrogen and oxygen atoms in total. The SMILES string of the molecule is CN(C)CCCN(C)C(=O)C1CCCCN1. The lowest BCUT2D eigenvalue weighted by atomic mass is 10.0. The molecule has 1 rings (SSSR count). The van der Waals surface area contributed by atoms with E-state index in [0.29, 0.717) is 0 Å². The average Bonchev–Trinajstić information content (AvgIpc) is 2.28. The maximum absolute atomic E-state index is 12.0. The van der Waals surface area contributed by atoms with Crippen molar-refractivity contribution in [2.75, 3.05) is 40.8 Å². The minimum Gasteiger partial charge on any atom is -0.344 e. The second-order valence-corrected chi connectivity index (χ2v) is 4.92. The lowest BCUT2D eigenvalue weighted by Crippen LogP contribution is -2.47. The predicted octanol–water partition coefficient (Wildman–Crippen LogP) is 0.539. The Morgan fingerprint density at radius 3 is 2.56 bits per heavy atom. The standard InChI is InChI=1S/C12H25N3O/c1-14(2)9-6-10-15(3)12(16)11-7-4-5-8-13-11/h11,13H,4-10H2,1-3H3. The molecule has 0 aromatic rings. The van der Waals surface area contributed by atoms with Crippen LogP contribution in [0.5, 0.6) is 0 Å². The van der Waals surface area contributed by atoms with Crippen LogP contribution < -0.4 is 5.32 Å². The van der Waals surface area contributed by atoms with Crippen LogP contribution in [0.3, 0.4) is 0 Å². The molecule has 1 heterocycles. The third-order valence-electron chi connectivity index (χ3n) is 3.08. The summed E-state index contributed by atoms with van der Waals surface area (Å²) in [7, 11) is 6.03. The summed E-state index contributed by atoms with van der Waals surface area (Å²) in [5.74, 6) is 0.262. The fourth-order valence-electron chi connectivity index (χ4n) is 2.06. The molecule has 0 aliphatic carbocycles. The van der Waals surface area contributed by atoms with Crippen molar-refractivity contribution >= 4 is 5.91 Å². The summed E-state index contributed by atoms with van der Waals surface area (Å²) in [6.45, 7) is 2.88. The van der Waals surface area contributed by atoms with Gasteiger partial charge < -0.3 is 15.1 Å². The molecule has 1 aliphatic heterocycles. The Hall–Kier alpha value is -0.610. The second-order valence-electron chi connectivity index (χ2n) is 4.92. The third kappa shape index (κ3) is 4.49. The molecule has 4 heteroatoms. The van der Waals surface area contributed by atoms with Gasteiger partial charge in [0.25, 0.3) is 0 Å². The second kappa shape index (κ2) is 6.86. The largest absolute Gasteiger partial charge is 0.344 e. The molecular weight excluding hydrogens is 202 g/mol. The Balaban J connectivity index is 2.23. The van der Waals surface area contributed by atoms with Crippen molar-refractivity contribution in [1.29, 1.82) is 0 Å². The fourth-order valence-corrected chi connectivity index (χ4v) is 2.06. The summed E-state index contributed by atoms with van der Waals surface area (Å²) in [4.78, 5) is 16.0. The molecule has 1 N–H and O–H groups in total. The number of rotatable bonds is 5. The van der Waals surface area contributed by atoms with Gasteiger partial charge in [-0.15, -0.1) is 0 Å². The number of carbonyl (C=O) groups is 1. The summed E-state index contributed by atoms with van der Waals surface area (Å²) in [5.41, 5.74) is 0. The van der Waals surface area contributed by atoms with E-state index in [1.54, 1.807) is 0 Å². The molecule has 0 saturated carbocycles. The van der Waals surface area contributed by atoms with Crippen LogP contribution in [0.15, 0.2) is 0 Å². The smallest absolute Gasteiger partial charge is 0.239 e. The number of hydrogen-bond donors (Lipinski definition) is 1. The van der Waals surface area contributed by atoms with Gasteiger partial charge >= 0.3 is 0 Å². The molecule has 0 radical (unpaired) electrons. The van der Waals surface area contributed by atoms with Crippen molar-refractivity contribution in [2.45, 2.75) is 31.7 Å². The highest BCUT2D eigenvalue weighted by atomic mass is 16.2. The van der Waals surface area contributed by atoms with Crippen molar-refractivity contribution in [1.82, 2.24) is 15.1 Å². The van der Waals surface area contributed by atoms with Gasteiger partial charge in [-0.1, -0.05) is 6.42 Å². The molecule has 1 aliphatic rings. The number of piperidine rings is 1. The zero-order chi connectivity index (χ0) is 12.0. The van der Waals surface area contributed by atoms with Gasteiger partial charge in [0.2, 0.25) is 5.91 Å². The van der Waals surface area contributed by atoms with Gasteiger partial charge in [-0.3, -0.25) is 4.79 Å². The fraction of sp³-hybridized carbons (Fsp3) is 0.917. The highest BCUT2D eigenvalue weighted by Gasteiger charge is 2.22. The predicted molar refractivity (Wildman–Crippen MR) is 66.4 cm³/mol. The molecule has 1 fully saturated rings. The lowest BCUT2D eigenvalue weighted by Gasteiger charge is -2.27. The molecular formula is C12H25N3O. The van der Waals surface area contributed by atoms with E-state index in [4.69, 9.17) is 0 Å². The molecule has 1 amide bonds. The minimum atomic E-state index is 0.0677. The van der Waals surface area contributed by atoms with Gasteiger partial charge in [-0.05, 0) is 46.4 Å². The molecule has 0 spiro atoms. The zero-order valence-corrected chi connectivity index (χ0v) is 10.8. The molecule has 0 aromatic heterocycles. The Labute approximate surface area is 99.0 Å². The first-order valence-electron chi connectivity index (χ1n) is 6.24. The average molecular weight is 227 g/mol. The molecule has 1 atom stereocenters. The van der Waals surface area contributed by atoms with Gasteiger partial charge in [0, 0.05) is 13.6 Å². The van der Waals surface area contributed by atoms with Crippen molar-refractivity contribution in [2.24, 2.45) is 0 Å². The van der Waals surface area contributed by atoms with Crippen LogP contribution in [0, 0.1) is 0 Å². The van der Waals surface area contributed by atoms with E-state index in [1.807, 2.05) is 11.9 Å². The molecule has 1 saturated heterocycles. The van der Waals surface area contributed by atoms with Crippen LogP contribution in [-0.2, 0) is 4.79 Å². The Kier molecular flexibility index (Phi) is 5.77. The number of nitrogens with one attached hydrogen (secondary N) is 1. The zero-order valence-electron chi connectivity index (χ0n) is 10.8. The molecule has 16 heavy (non-hydrogen) atoms. The van der Waals surface area contributed by atoms with Crippen molar-refractivity contribution in [3.05, 3.63) is 0 Å². The van der Waals surface area contributed by atoms with Crippen molar-refractivity contribution in [3.8, 4) is 0 Å². The summed E-state index contributed by atoms with van der Waals surface area (Å²) >= 11 is 0. The van der Waals surface area contributed by atoms with E-state index in [2.05, 4.69) is 24.3 Å². The quantitative estimate of drug-likeness (QED) is 0.744. The maximum Gasteiger partial charge on any atom is 0.239 e. The number of carbonyl (C=O) groups excluding carboxylic acids is 1. The van der Waals surface area contributed by atoms with Crippen molar-refractivity contribution in [3.63, 3.8) is 0 Å². The van der Waals surface area contributed by atoms with E-state index in [9.17, 15) is 4.79 Å². The van der Waals surface area contributed by atoms with Gasteiger partial charge in [-0.2, -0.15) is 0 Å². The third-order valence-corrected chi connectivity index (χ3v) is 3.08. The van der Waals surface area contributed by atoms with Gasteiger partial charge in [0.05, 0.1) is 6.04 Å². The van der Waals surface area contributed by atoms with Crippen LogP contribution in [-0.4, -0.2) is 62.5 Å². The lowest BCUT2D eigenvalue weighted by molar-refractivity contribution is -0.132. The molecule has 0 aromatic carbocycles. The van der Waals surface area contributed by atoms with Crippen LogP contribution in [0.2, 0.25) is 0 Å². The summed E-state index contributed by atoms with van der Waals surface area (Å²) in [6, 6.07) is 0.0677. The summed E-state index contributed by atoms with van der Waals surface area (Å²) < 4.78 is 0. The van der Waals surface area contributed by atoms with Gasteiger partial charge in [-0.25, -0.2) is 0 Å².